The van der Waals surface area contributed by atoms with Crippen LogP contribution >= 0.6 is 11.6 Å². The molecule has 2 aromatic rings. The van der Waals surface area contributed by atoms with Gasteiger partial charge in [0.2, 0.25) is 15.9 Å². The summed E-state index contributed by atoms with van der Waals surface area (Å²) in [5.41, 5.74) is 6.15. The third kappa shape index (κ3) is 4.04. The number of primary amides is 1. The molecule has 0 aromatic heterocycles. The molecule has 0 aliphatic carbocycles. The quantitative estimate of drug-likeness (QED) is 0.880. The van der Waals surface area contributed by atoms with Gasteiger partial charge in [0.25, 0.3) is 0 Å². The van der Waals surface area contributed by atoms with Crippen LogP contribution in [0.3, 0.4) is 0 Å². The lowest BCUT2D eigenvalue weighted by atomic mass is 10.2. The maximum absolute atomic E-state index is 12.1. The van der Waals surface area contributed by atoms with E-state index in [0.29, 0.717) is 5.02 Å². The zero-order valence-electron chi connectivity index (χ0n) is 10.9. The second-order valence-corrected chi connectivity index (χ2v) is 6.54. The lowest BCUT2D eigenvalue weighted by Gasteiger charge is -2.07. The van der Waals surface area contributed by atoms with Crippen LogP contribution in [0.25, 0.3) is 0 Å². The molecule has 2 aromatic carbocycles. The van der Waals surface area contributed by atoms with Crippen LogP contribution < -0.4 is 10.5 Å². The summed E-state index contributed by atoms with van der Waals surface area (Å²) in [6.07, 6.45) is 0. The molecule has 0 radical (unpaired) electrons. The topological polar surface area (TPSA) is 89.3 Å². The molecule has 2 rings (SSSR count). The van der Waals surface area contributed by atoms with Crippen molar-refractivity contribution in [2.24, 2.45) is 5.73 Å². The second-order valence-electron chi connectivity index (χ2n) is 4.34. The Kier molecular flexibility index (Phi) is 4.62. The Labute approximate surface area is 127 Å². The van der Waals surface area contributed by atoms with E-state index >= 15 is 0 Å². The molecule has 0 spiro atoms. The average molecular weight is 325 g/mol. The third-order valence-electron chi connectivity index (χ3n) is 2.83. The largest absolute Gasteiger partial charge is 0.366 e. The first-order valence-corrected chi connectivity index (χ1v) is 7.88. The first-order chi connectivity index (χ1) is 9.88. The van der Waals surface area contributed by atoms with Crippen LogP contribution in [0.5, 0.6) is 0 Å². The van der Waals surface area contributed by atoms with Crippen LogP contribution in [0.2, 0.25) is 5.02 Å². The Morgan fingerprint density at radius 1 is 1.05 bits per heavy atom. The smallest absolute Gasteiger partial charge is 0.248 e. The van der Waals surface area contributed by atoms with Gasteiger partial charge < -0.3 is 5.73 Å². The number of carbonyl (C=O) groups excluding carboxylic acids is 1. The summed E-state index contributed by atoms with van der Waals surface area (Å²) in [6.45, 7) is 0.150. The van der Waals surface area contributed by atoms with E-state index in [1.165, 1.54) is 24.3 Å². The normalized spacial score (nSPS) is 11.3. The van der Waals surface area contributed by atoms with E-state index in [1.54, 1.807) is 24.3 Å². The summed E-state index contributed by atoms with van der Waals surface area (Å²) >= 11 is 5.76. The molecule has 0 fully saturated rings. The highest BCUT2D eigenvalue weighted by atomic mass is 35.5. The zero-order chi connectivity index (χ0) is 15.5. The summed E-state index contributed by atoms with van der Waals surface area (Å²) < 4.78 is 26.7. The van der Waals surface area contributed by atoms with Crippen molar-refractivity contribution in [2.75, 3.05) is 0 Å². The van der Waals surface area contributed by atoms with E-state index in [0.717, 1.165) is 5.56 Å². The lowest BCUT2D eigenvalue weighted by Crippen LogP contribution is -2.23. The molecule has 0 bridgehead atoms. The molecule has 0 saturated heterocycles. The maximum atomic E-state index is 12.1. The lowest BCUT2D eigenvalue weighted by molar-refractivity contribution is 0.1000. The molecule has 0 aliphatic rings. The van der Waals surface area contributed by atoms with Crippen LogP contribution in [0.15, 0.2) is 53.4 Å². The fourth-order valence-corrected chi connectivity index (χ4v) is 2.81. The van der Waals surface area contributed by atoms with Gasteiger partial charge in [-0.05, 0) is 42.0 Å². The number of benzene rings is 2. The predicted molar refractivity (Wildman–Crippen MR) is 80.4 cm³/mol. The molecule has 0 atom stereocenters. The molecular weight excluding hydrogens is 312 g/mol. The van der Waals surface area contributed by atoms with Gasteiger partial charge in [0.05, 0.1) is 4.90 Å². The van der Waals surface area contributed by atoms with Crippen LogP contribution in [0.1, 0.15) is 15.9 Å². The number of sulfonamides is 1. The van der Waals surface area contributed by atoms with Gasteiger partial charge in [-0.2, -0.15) is 0 Å². The van der Waals surface area contributed by atoms with E-state index in [4.69, 9.17) is 17.3 Å². The molecule has 5 nitrogen and oxygen atoms in total. The molecule has 21 heavy (non-hydrogen) atoms. The molecule has 3 N–H and O–H groups in total. The van der Waals surface area contributed by atoms with Gasteiger partial charge >= 0.3 is 0 Å². The third-order valence-corrected chi connectivity index (χ3v) is 4.50. The number of rotatable bonds is 5. The number of nitrogens with two attached hydrogens (primary N) is 1. The van der Waals surface area contributed by atoms with Crippen molar-refractivity contribution < 1.29 is 13.2 Å². The number of amides is 1. The minimum absolute atomic E-state index is 0.0708. The van der Waals surface area contributed by atoms with E-state index in [-0.39, 0.29) is 17.0 Å². The van der Waals surface area contributed by atoms with Gasteiger partial charge in [0, 0.05) is 17.1 Å². The summed E-state index contributed by atoms with van der Waals surface area (Å²) in [5.74, 6) is -0.604. The highest BCUT2D eigenvalue weighted by Crippen LogP contribution is 2.13. The number of carbonyl (C=O) groups is 1. The summed E-state index contributed by atoms with van der Waals surface area (Å²) in [7, 11) is -3.65. The SMILES string of the molecule is NC(=O)c1ccc(S(=O)(=O)NCc2ccc(Cl)cc2)cc1. The average Bonchev–Trinajstić information content (AvgIpc) is 2.47. The van der Waals surface area contributed by atoms with Crippen LogP contribution in [0.4, 0.5) is 0 Å². The van der Waals surface area contributed by atoms with Gasteiger partial charge in [-0.15, -0.1) is 0 Å². The van der Waals surface area contributed by atoms with Gasteiger partial charge in [-0.1, -0.05) is 23.7 Å². The highest BCUT2D eigenvalue weighted by Gasteiger charge is 2.14. The van der Waals surface area contributed by atoms with E-state index in [9.17, 15) is 13.2 Å². The van der Waals surface area contributed by atoms with Crippen LogP contribution in [-0.2, 0) is 16.6 Å². The number of nitrogens with one attached hydrogen (secondary N) is 1. The van der Waals surface area contributed by atoms with Gasteiger partial charge in [0.15, 0.2) is 0 Å². The standard InChI is InChI=1S/C14H13ClN2O3S/c15-12-5-1-10(2-6-12)9-17-21(19,20)13-7-3-11(4-8-13)14(16)18/h1-8,17H,9H2,(H2,16,18). The monoisotopic (exact) mass is 324 g/mol. The van der Waals surface area contributed by atoms with E-state index in [1.807, 2.05) is 0 Å². The van der Waals surface area contributed by atoms with E-state index in [2.05, 4.69) is 4.72 Å². The number of hydrogen-bond donors (Lipinski definition) is 2. The molecule has 110 valence electrons. The summed E-state index contributed by atoms with van der Waals surface area (Å²) in [6, 6.07) is 12.3. The minimum Gasteiger partial charge on any atom is -0.366 e. The molecule has 0 heterocycles. The Balaban J connectivity index is 2.11. The first-order valence-electron chi connectivity index (χ1n) is 6.02. The predicted octanol–water partition coefficient (Wildman–Crippen LogP) is 1.92. The number of halogens is 1. The molecule has 0 unspecified atom stereocenters. The highest BCUT2D eigenvalue weighted by molar-refractivity contribution is 7.89. The summed E-state index contributed by atoms with van der Waals surface area (Å²) in [5, 5.41) is 0.587. The Morgan fingerprint density at radius 3 is 2.14 bits per heavy atom. The van der Waals surface area contributed by atoms with Crippen LogP contribution in [0, 0.1) is 0 Å². The van der Waals surface area contributed by atoms with Crippen molar-refractivity contribution in [1.82, 2.24) is 4.72 Å². The van der Waals surface area contributed by atoms with Crippen molar-refractivity contribution in [1.29, 1.82) is 0 Å². The van der Waals surface area contributed by atoms with Crippen molar-refractivity contribution in [3.63, 3.8) is 0 Å². The van der Waals surface area contributed by atoms with Gasteiger partial charge in [-0.25, -0.2) is 13.1 Å². The maximum Gasteiger partial charge on any atom is 0.248 e. The molecule has 1 amide bonds. The van der Waals surface area contributed by atoms with Crippen molar-refractivity contribution in [3.05, 3.63) is 64.7 Å². The summed E-state index contributed by atoms with van der Waals surface area (Å²) in [4.78, 5) is 11.0. The van der Waals surface area contributed by atoms with Gasteiger partial charge in [-0.3, -0.25) is 4.79 Å². The molecule has 0 aliphatic heterocycles. The van der Waals surface area contributed by atoms with Crippen molar-refractivity contribution in [2.45, 2.75) is 11.4 Å². The fraction of sp³-hybridized carbons (Fsp3) is 0.0714. The first kappa shape index (κ1) is 15.5. The Hall–Kier alpha value is -1.89. The second kappa shape index (κ2) is 6.26. The van der Waals surface area contributed by atoms with Crippen molar-refractivity contribution >= 4 is 27.5 Å². The van der Waals surface area contributed by atoms with Gasteiger partial charge in [0.1, 0.15) is 0 Å². The van der Waals surface area contributed by atoms with Crippen LogP contribution in [-0.4, -0.2) is 14.3 Å². The molecule has 7 heteroatoms. The Bertz CT molecular complexity index is 741. The minimum atomic E-state index is -3.65. The Morgan fingerprint density at radius 2 is 1.62 bits per heavy atom. The fourth-order valence-electron chi connectivity index (χ4n) is 1.66. The zero-order valence-corrected chi connectivity index (χ0v) is 12.5. The van der Waals surface area contributed by atoms with Crippen molar-refractivity contribution in [3.8, 4) is 0 Å². The van der Waals surface area contributed by atoms with E-state index < -0.39 is 15.9 Å². The molecular formula is C14H13ClN2O3S. The number of hydrogen-bond acceptors (Lipinski definition) is 3. The molecule has 0 saturated carbocycles.